The molecule has 1 heterocycles. The second-order valence-corrected chi connectivity index (χ2v) is 18.9. The van der Waals surface area contributed by atoms with E-state index in [1.54, 1.807) is 83.1 Å². The van der Waals surface area contributed by atoms with Crippen LogP contribution in [0.15, 0.2) is 59.0 Å². The van der Waals surface area contributed by atoms with Crippen molar-refractivity contribution < 1.29 is 54.6 Å². The fourth-order valence-electron chi connectivity index (χ4n) is 6.92. The van der Waals surface area contributed by atoms with Crippen molar-refractivity contribution in [1.29, 1.82) is 0 Å². The van der Waals surface area contributed by atoms with Crippen LogP contribution in [0.2, 0.25) is 0 Å². The zero-order valence-electron chi connectivity index (χ0n) is 36.4. The molecule has 10 nitrogen and oxygen atoms in total. The molecule has 0 bridgehead atoms. The first kappa shape index (κ1) is 49.5. The summed E-state index contributed by atoms with van der Waals surface area (Å²) >= 11 is 5.46. The minimum absolute atomic E-state index is 0.208. The number of aromatic nitrogens is 2. The zero-order chi connectivity index (χ0) is 44.2. The Labute approximate surface area is 340 Å². The monoisotopic (exact) mass is 814 g/mol. The van der Waals surface area contributed by atoms with Crippen LogP contribution in [0.4, 0.5) is 0 Å². The van der Waals surface area contributed by atoms with Gasteiger partial charge in [-0.2, -0.15) is 0 Å². The molecule has 0 saturated carbocycles. The third-order valence-electron chi connectivity index (χ3n) is 8.80. The van der Waals surface area contributed by atoms with Crippen molar-refractivity contribution in [3.05, 3.63) is 96.7 Å². The van der Waals surface area contributed by atoms with Gasteiger partial charge in [-0.05, 0) is 44.0 Å². The van der Waals surface area contributed by atoms with Crippen molar-refractivity contribution in [2.24, 2.45) is 21.7 Å². The van der Waals surface area contributed by atoms with Gasteiger partial charge in [0.25, 0.3) is 0 Å². The Bertz CT molecular complexity index is 1850. The Morgan fingerprint density at radius 2 is 0.607 bits per heavy atom. The van der Waals surface area contributed by atoms with E-state index in [1.165, 1.54) is 44.8 Å². The normalized spacial score (nSPS) is 13.0. The molecule has 3 rings (SSSR count). The molecular formula is C45H60N2NiO8-6. The van der Waals surface area contributed by atoms with Gasteiger partial charge in [-0.15, -0.1) is 0 Å². The standard InChI is InChI=1S/C21H24N2.2C12H20O4.Ni/c1-14-9-16(3)20(17(4)10-14)22-7-8-23(13-22)21-18(5)11-15(2)12-19(21)6;2*1-11(2,3)7(9(13)14)8(10(15)16)12(4,5)6;/h7-12H,1-6H3;2*1-6H3,(H,13,14)(H,15,16);/q;;;-2/p-4/b;2*8-7+;. The van der Waals surface area contributed by atoms with Crippen molar-refractivity contribution >= 4 is 23.9 Å². The minimum atomic E-state index is -1.46. The maximum absolute atomic E-state index is 11.1. The summed E-state index contributed by atoms with van der Waals surface area (Å²) in [6.07, 6.45) is 4.17. The molecule has 0 aliphatic heterocycles. The summed E-state index contributed by atoms with van der Waals surface area (Å²) in [4.78, 5) is 44.3. The fraction of sp³-hybridized carbons (Fsp3) is 0.489. The Balaban J connectivity index is 0.000000437. The summed E-state index contributed by atoms with van der Waals surface area (Å²) in [6.45, 7) is 32.5. The van der Waals surface area contributed by atoms with Crippen molar-refractivity contribution in [2.75, 3.05) is 0 Å². The molecule has 0 aliphatic carbocycles. The summed E-state index contributed by atoms with van der Waals surface area (Å²) in [5.74, 6) is -5.83. The molecule has 0 amide bonds. The van der Waals surface area contributed by atoms with Gasteiger partial charge in [-0.3, -0.25) is 0 Å². The first-order valence-corrected chi connectivity index (χ1v) is 18.8. The first-order valence-electron chi connectivity index (χ1n) is 18.3. The molecule has 3 aromatic rings. The predicted octanol–water partition coefficient (Wildman–Crippen LogP) is 4.95. The first-order chi connectivity index (χ1) is 25.1. The van der Waals surface area contributed by atoms with E-state index in [0.29, 0.717) is 0 Å². The van der Waals surface area contributed by atoms with Gasteiger partial charge in [0.05, 0.1) is 23.9 Å². The van der Waals surface area contributed by atoms with E-state index < -0.39 is 45.5 Å². The van der Waals surface area contributed by atoms with E-state index in [0.717, 1.165) is 4.40 Å². The van der Waals surface area contributed by atoms with Gasteiger partial charge in [-0.25, -0.2) is 0 Å². The zero-order valence-corrected chi connectivity index (χ0v) is 37.4. The molecule has 2 aromatic carbocycles. The SMILES string of the molecule is CC(C)(C)/C(C(=O)[O-])=C(\C(=O)[O-])C(C)(C)C.CC(C)(C)/C(C(=O)[O-])=C(\C(=O)[O-])C(C)(C)C.Cc1cc(C)c(-n2ccn(-c3c(C)cc(C)cc3C)[c]2=[Ni-2])c(C)c1. The van der Waals surface area contributed by atoms with E-state index in [-0.39, 0.29) is 22.3 Å². The van der Waals surface area contributed by atoms with Crippen LogP contribution in [0.1, 0.15) is 116 Å². The number of carbonyl (C=O) groups is 4. The van der Waals surface area contributed by atoms with Gasteiger partial charge in [-0.1, -0.05) is 83.1 Å². The van der Waals surface area contributed by atoms with Crippen molar-refractivity contribution in [1.82, 2.24) is 9.13 Å². The number of carbonyl (C=O) groups excluding carboxylic acids is 4. The Kier molecular flexibility index (Phi) is 16.1. The van der Waals surface area contributed by atoms with E-state index in [2.05, 4.69) is 87.3 Å². The summed E-state index contributed by atoms with van der Waals surface area (Å²) in [7, 11) is 0. The average molecular weight is 816 g/mol. The van der Waals surface area contributed by atoms with Crippen molar-refractivity contribution in [2.45, 2.75) is 125 Å². The summed E-state index contributed by atoms with van der Waals surface area (Å²) in [6, 6.07) is 8.87. The maximum atomic E-state index is 11.1. The molecule has 0 N–H and O–H groups in total. The number of aryl methyl sites for hydroxylation is 6. The van der Waals surface area contributed by atoms with Gasteiger partial charge in [0.15, 0.2) is 0 Å². The predicted molar refractivity (Wildman–Crippen MR) is 209 cm³/mol. The number of hydrogen-bond donors (Lipinski definition) is 0. The third kappa shape index (κ3) is 12.5. The number of hydrogen-bond acceptors (Lipinski definition) is 8. The second-order valence-electron chi connectivity index (χ2n) is 18.4. The van der Waals surface area contributed by atoms with Crippen LogP contribution >= 0.6 is 0 Å². The van der Waals surface area contributed by atoms with Crippen molar-refractivity contribution in [3.8, 4) is 11.4 Å². The number of carboxylic acids is 4. The molecule has 0 saturated heterocycles. The molecule has 0 unspecified atom stereocenters. The topological polar surface area (TPSA) is 170 Å². The number of rotatable bonds is 6. The number of aliphatic carboxylic acids is 4. The fourth-order valence-corrected chi connectivity index (χ4v) is 7.29. The van der Waals surface area contributed by atoms with Crippen LogP contribution < -0.4 is 20.4 Å². The van der Waals surface area contributed by atoms with E-state index in [4.69, 9.17) is 15.0 Å². The summed E-state index contributed by atoms with van der Waals surface area (Å²) in [5, 5.41) is 44.3. The number of carboxylic acid groups (broad SMARTS) is 4. The number of benzene rings is 2. The Hall–Kier alpha value is -4.50. The molecule has 1 aromatic heterocycles. The molecule has 56 heavy (non-hydrogen) atoms. The van der Waals surface area contributed by atoms with Gasteiger partial charge in [0, 0.05) is 0 Å². The van der Waals surface area contributed by atoms with Crippen LogP contribution in [0.5, 0.6) is 0 Å². The van der Waals surface area contributed by atoms with Crippen LogP contribution in [-0.2, 0) is 34.2 Å². The van der Waals surface area contributed by atoms with Crippen LogP contribution in [0.3, 0.4) is 0 Å². The molecule has 314 valence electrons. The molecule has 0 radical (unpaired) electrons. The van der Waals surface area contributed by atoms with E-state index in [9.17, 15) is 39.6 Å². The van der Waals surface area contributed by atoms with Gasteiger partial charge in [0.1, 0.15) is 0 Å². The van der Waals surface area contributed by atoms with Gasteiger partial charge < -0.3 is 39.6 Å². The van der Waals surface area contributed by atoms with Crippen molar-refractivity contribution in [3.63, 3.8) is 0 Å². The van der Waals surface area contributed by atoms with Crippen LogP contribution in [0, 0.1) is 67.6 Å². The second kappa shape index (κ2) is 18.2. The average Bonchev–Trinajstić information content (AvgIpc) is 3.30. The van der Waals surface area contributed by atoms with Gasteiger partial charge in [0.2, 0.25) is 0 Å². The van der Waals surface area contributed by atoms with Gasteiger partial charge >= 0.3 is 152 Å². The molecular weight excluding hydrogens is 755 g/mol. The molecule has 0 atom stereocenters. The van der Waals surface area contributed by atoms with E-state index >= 15 is 0 Å². The van der Waals surface area contributed by atoms with Crippen LogP contribution in [0.25, 0.3) is 11.4 Å². The van der Waals surface area contributed by atoms with E-state index in [1.807, 2.05) is 0 Å². The molecule has 11 heteroatoms. The third-order valence-corrected chi connectivity index (χ3v) is 9.28. The number of imidazole rings is 1. The molecule has 0 spiro atoms. The van der Waals surface area contributed by atoms with Crippen LogP contribution in [-0.4, -0.2) is 33.0 Å². The molecule has 0 aliphatic rings. The Morgan fingerprint density at radius 1 is 0.429 bits per heavy atom. The summed E-state index contributed by atoms with van der Waals surface area (Å²) in [5.41, 5.74) is 5.94. The number of nitrogens with zero attached hydrogens (tertiary/aromatic N) is 2. The summed E-state index contributed by atoms with van der Waals surface area (Å²) < 4.78 is 5.13. The Morgan fingerprint density at radius 3 is 0.750 bits per heavy atom. The quantitative estimate of drug-likeness (QED) is 0.249. The molecule has 0 fully saturated rings.